The van der Waals surface area contributed by atoms with Crippen molar-refractivity contribution in [2.24, 2.45) is 5.73 Å². The van der Waals surface area contributed by atoms with Crippen LogP contribution in [0.1, 0.15) is 21.7 Å². The summed E-state index contributed by atoms with van der Waals surface area (Å²) in [5, 5.41) is 16.5. The van der Waals surface area contributed by atoms with Crippen LogP contribution in [0.25, 0.3) is 0 Å². The van der Waals surface area contributed by atoms with Gasteiger partial charge in [0.15, 0.2) is 5.69 Å². The van der Waals surface area contributed by atoms with Crippen molar-refractivity contribution in [1.29, 1.82) is 0 Å². The summed E-state index contributed by atoms with van der Waals surface area (Å²) >= 11 is 1.68. The number of carbonyl (C=O) groups is 1. The Bertz CT molecular complexity index is 595. The van der Waals surface area contributed by atoms with E-state index in [0.717, 1.165) is 5.75 Å². The van der Waals surface area contributed by atoms with Gasteiger partial charge in [0.05, 0.1) is 12.2 Å². The number of carboxylic acid groups (broad SMARTS) is 1. The molecule has 1 aromatic carbocycles. The van der Waals surface area contributed by atoms with Gasteiger partial charge in [-0.05, 0) is 19.1 Å². The van der Waals surface area contributed by atoms with E-state index < -0.39 is 5.97 Å². The van der Waals surface area contributed by atoms with Crippen molar-refractivity contribution in [1.82, 2.24) is 15.0 Å². The number of benzene rings is 1. The van der Waals surface area contributed by atoms with Gasteiger partial charge >= 0.3 is 5.97 Å². The molecule has 1 aromatic heterocycles. The molecule has 0 bridgehead atoms. The van der Waals surface area contributed by atoms with E-state index in [1.54, 1.807) is 16.4 Å². The average molecular weight is 292 g/mol. The van der Waals surface area contributed by atoms with Crippen molar-refractivity contribution in [3.05, 3.63) is 41.2 Å². The minimum absolute atomic E-state index is 0.0622. The van der Waals surface area contributed by atoms with Crippen LogP contribution in [-0.2, 0) is 13.1 Å². The molecule has 0 radical (unpaired) electrons. The van der Waals surface area contributed by atoms with Crippen molar-refractivity contribution in [3.63, 3.8) is 0 Å². The van der Waals surface area contributed by atoms with E-state index in [0.29, 0.717) is 12.2 Å². The highest BCUT2D eigenvalue weighted by Crippen LogP contribution is 2.18. The van der Waals surface area contributed by atoms with Crippen molar-refractivity contribution in [2.45, 2.75) is 24.9 Å². The van der Waals surface area contributed by atoms with Gasteiger partial charge in [0, 0.05) is 17.2 Å². The van der Waals surface area contributed by atoms with Crippen LogP contribution in [0.2, 0.25) is 0 Å². The molecule has 7 heteroatoms. The van der Waals surface area contributed by atoms with E-state index in [2.05, 4.69) is 34.6 Å². The number of thioether (sulfide) groups is 1. The lowest BCUT2D eigenvalue weighted by atomic mass is 10.2. The molecular formula is C13H16N4O2S. The number of rotatable bonds is 6. The fourth-order valence-corrected chi connectivity index (χ4v) is 2.59. The van der Waals surface area contributed by atoms with Gasteiger partial charge in [0.25, 0.3) is 0 Å². The lowest BCUT2D eigenvalue weighted by Crippen LogP contribution is -2.13. The fraction of sp³-hybridized carbons (Fsp3) is 0.308. The second kappa shape index (κ2) is 6.53. The Hall–Kier alpha value is -1.86. The Morgan fingerprint density at radius 1 is 1.40 bits per heavy atom. The Kier molecular flexibility index (Phi) is 4.75. The van der Waals surface area contributed by atoms with Crippen LogP contribution in [0, 0.1) is 6.92 Å². The number of aromatic carboxylic acids is 1. The smallest absolute Gasteiger partial charge is 0.358 e. The molecule has 0 aliphatic heterocycles. The quantitative estimate of drug-likeness (QED) is 0.784. The number of aromatic nitrogens is 3. The fourth-order valence-electron chi connectivity index (χ4n) is 1.77. The van der Waals surface area contributed by atoms with Gasteiger partial charge in [-0.15, -0.1) is 16.9 Å². The van der Waals surface area contributed by atoms with E-state index in [4.69, 9.17) is 10.8 Å². The van der Waals surface area contributed by atoms with E-state index in [-0.39, 0.29) is 12.2 Å². The molecule has 6 nitrogen and oxygen atoms in total. The molecule has 0 aliphatic rings. The average Bonchev–Trinajstić information content (AvgIpc) is 2.84. The maximum Gasteiger partial charge on any atom is 0.358 e. The van der Waals surface area contributed by atoms with E-state index in [9.17, 15) is 4.79 Å². The predicted octanol–water partition coefficient (Wildman–Crippen LogP) is 1.54. The normalized spacial score (nSPS) is 10.7. The first kappa shape index (κ1) is 14.5. The Balaban J connectivity index is 1.97. The number of hydrogen-bond acceptors (Lipinski definition) is 5. The van der Waals surface area contributed by atoms with Crippen molar-refractivity contribution < 1.29 is 9.90 Å². The van der Waals surface area contributed by atoms with Gasteiger partial charge in [0.2, 0.25) is 0 Å². The number of hydrogen-bond donors (Lipinski definition) is 2. The Labute approximate surface area is 121 Å². The maximum atomic E-state index is 10.9. The minimum Gasteiger partial charge on any atom is -0.476 e. The van der Waals surface area contributed by atoms with E-state index in [1.807, 2.05) is 6.92 Å². The van der Waals surface area contributed by atoms with Gasteiger partial charge in [-0.1, -0.05) is 22.9 Å². The topological polar surface area (TPSA) is 94.0 Å². The van der Waals surface area contributed by atoms with Crippen LogP contribution in [0.5, 0.6) is 0 Å². The highest BCUT2D eigenvalue weighted by molar-refractivity contribution is 7.99. The zero-order valence-corrected chi connectivity index (χ0v) is 11.9. The molecule has 0 saturated carbocycles. The number of carboxylic acids is 1. The highest BCUT2D eigenvalue weighted by Gasteiger charge is 2.17. The summed E-state index contributed by atoms with van der Waals surface area (Å²) < 4.78 is 1.56. The lowest BCUT2D eigenvalue weighted by molar-refractivity contribution is 0.0689. The molecule has 2 rings (SSSR count). The van der Waals surface area contributed by atoms with Crippen LogP contribution in [0.15, 0.2) is 29.2 Å². The first-order valence-corrected chi connectivity index (χ1v) is 7.15. The SMILES string of the molecule is Cc1ccc(SCCn2nnc(C(=O)O)c2CN)cc1. The molecule has 0 fully saturated rings. The number of nitrogens with zero attached hydrogens (tertiary/aromatic N) is 3. The van der Waals surface area contributed by atoms with E-state index in [1.165, 1.54) is 10.5 Å². The van der Waals surface area contributed by atoms with E-state index >= 15 is 0 Å². The van der Waals surface area contributed by atoms with Crippen molar-refractivity contribution in [3.8, 4) is 0 Å². The van der Waals surface area contributed by atoms with Crippen LogP contribution in [0.4, 0.5) is 0 Å². The third kappa shape index (κ3) is 3.37. The third-order valence-electron chi connectivity index (χ3n) is 2.83. The van der Waals surface area contributed by atoms with Gasteiger partial charge in [-0.3, -0.25) is 0 Å². The minimum atomic E-state index is -1.09. The van der Waals surface area contributed by atoms with Gasteiger partial charge in [-0.25, -0.2) is 9.48 Å². The first-order valence-electron chi connectivity index (χ1n) is 6.17. The van der Waals surface area contributed by atoms with Crippen molar-refractivity contribution >= 4 is 17.7 Å². The van der Waals surface area contributed by atoms with Gasteiger partial charge in [0.1, 0.15) is 0 Å². The molecule has 3 N–H and O–H groups in total. The molecule has 0 aliphatic carbocycles. The van der Waals surface area contributed by atoms with Crippen LogP contribution in [-0.4, -0.2) is 31.8 Å². The summed E-state index contributed by atoms with van der Waals surface area (Å²) in [4.78, 5) is 12.1. The highest BCUT2D eigenvalue weighted by atomic mass is 32.2. The molecule has 20 heavy (non-hydrogen) atoms. The maximum absolute atomic E-state index is 10.9. The molecular weight excluding hydrogens is 276 g/mol. The molecule has 106 valence electrons. The summed E-state index contributed by atoms with van der Waals surface area (Å²) in [6, 6.07) is 8.25. The molecule has 0 amide bonds. The third-order valence-corrected chi connectivity index (χ3v) is 3.82. The standard InChI is InChI=1S/C13H16N4O2S/c1-9-2-4-10(5-3-9)20-7-6-17-11(8-14)12(13(18)19)15-16-17/h2-5H,6-8,14H2,1H3,(H,18,19). The summed E-state index contributed by atoms with van der Waals surface area (Å²) in [5.74, 6) is -0.318. The molecule has 0 atom stereocenters. The van der Waals surface area contributed by atoms with Crippen molar-refractivity contribution in [2.75, 3.05) is 5.75 Å². The number of nitrogens with two attached hydrogens (primary N) is 1. The first-order chi connectivity index (χ1) is 9.61. The summed E-state index contributed by atoms with van der Waals surface area (Å²) in [5.41, 5.74) is 7.18. The zero-order chi connectivity index (χ0) is 14.5. The largest absolute Gasteiger partial charge is 0.476 e. The van der Waals surface area contributed by atoms with Crippen LogP contribution < -0.4 is 5.73 Å². The summed E-state index contributed by atoms with van der Waals surface area (Å²) in [6.45, 7) is 2.74. The summed E-state index contributed by atoms with van der Waals surface area (Å²) in [7, 11) is 0. The zero-order valence-electron chi connectivity index (χ0n) is 11.1. The Morgan fingerprint density at radius 2 is 2.10 bits per heavy atom. The molecule has 0 spiro atoms. The van der Waals surface area contributed by atoms with Gasteiger partial charge in [-0.2, -0.15) is 0 Å². The second-order valence-electron chi connectivity index (χ2n) is 4.28. The predicted molar refractivity (Wildman–Crippen MR) is 76.8 cm³/mol. The molecule has 0 saturated heterocycles. The Morgan fingerprint density at radius 3 is 2.70 bits per heavy atom. The second-order valence-corrected chi connectivity index (χ2v) is 5.45. The van der Waals surface area contributed by atoms with Crippen LogP contribution in [0.3, 0.4) is 0 Å². The summed E-state index contributed by atoms with van der Waals surface area (Å²) in [6.07, 6.45) is 0. The lowest BCUT2D eigenvalue weighted by Gasteiger charge is -2.05. The molecule has 1 heterocycles. The molecule has 2 aromatic rings. The molecule has 0 unspecified atom stereocenters. The van der Waals surface area contributed by atoms with Gasteiger partial charge < -0.3 is 10.8 Å². The monoisotopic (exact) mass is 292 g/mol. The van der Waals surface area contributed by atoms with Crippen LogP contribution >= 0.6 is 11.8 Å². The number of aryl methyl sites for hydroxylation is 2.